The molecular weight excluding hydrogens is 317 g/mol. The summed E-state index contributed by atoms with van der Waals surface area (Å²) in [5.74, 6) is -0.197. The van der Waals surface area contributed by atoms with E-state index in [4.69, 9.17) is 0 Å². The van der Waals surface area contributed by atoms with Gasteiger partial charge in [-0.25, -0.2) is 4.39 Å². The third kappa shape index (κ3) is 3.68. The van der Waals surface area contributed by atoms with Crippen molar-refractivity contribution in [1.29, 1.82) is 0 Å². The first-order valence-electron chi connectivity index (χ1n) is 6.68. The molecule has 0 spiro atoms. The second-order valence-electron chi connectivity index (χ2n) is 5.55. The molecular formula is C17H19BrFN. The number of benzene rings is 2. The van der Waals surface area contributed by atoms with E-state index in [1.165, 1.54) is 11.6 Å². The average Bonchev–Trinajstić information content (AvgIpc) is 2.38. The third-order valence-corrected chi connectivity index (χ3v) is 4.02. The van der Waals surface area contributed by atoms with Gasteiger partial charge in [-0.2, -0.15) is 0 Å². The van der Waals surface area contributed by atoms with Gasteiger partial charge in [0.15, 0.2) is 0 Å². The van der Waals surface area contributed by atoms with E-state index in [0.29, 0.717) is 0 Å². The zero-order chi connectivity index (χ0) is 14.8. The smallest absolute Gasteiger partial charge is 0.123 e. The molecule has 106 valence electrons. The molecule has 0 saturated heterocycles. The number of hydrogen-bond acceptors (Lipinski definition) is 1. The van der Waals surface area contributed by atoms with E-state index in [9.17, 15) is 4.39 Å². The van der Waals surface area contributed by atoms with Gasteiger partial charge >= 0.3 is 0 Å². The van der Waals surface area contributed by atoms with E-state index in [1.54, 1.807) is 12.1 Å². The SMILES string of the molecule is CC(NC(C)(C)c1ccc(Br)cc1)c1cccc(F)c1. The van der Waals surface area contributed by atoms with Crippen LogP contribution in [-0.2, 0) is 5.54 Å². The van der Waals surface area contributed by atoms with Crippen molar-refractivity contribution < 1.29 is 4.39 Å². The molecule has 0 aliphatic heterocycles. The Balaban J connectivity index is 2.17. The Morgan fingerprint density at radius 2 is 1.75 bits per heavy atom. The number of halogens is 2. The normalized spacial score (nSPS) is 13.2. The first-order chi connectivity index (χ1) is 9.38. The van der Waals surface area contributed by atoms with Crippen molar-refractivity contribution in [2.24, 2.45) is 0 Å². The van der Waals surface area contributed by atoms with Crippen LogP contribution in [-0.4, -0.2) is 0 Å². The van der Waals surface area contributed by atoms with E-state index >= 15 is 0 Å². The second kappa shape index (κ2) is 6.06. The molecule has 0 aromatic heterocycles. The van der Waals surface area contributed by atoms with Crippen LogP contribution in [0.25, 0.3) is 0 Å². The van der Waals surface area contributed by atoms with Gasteiger partial charge in [0, 0.05) is 16.1 Å². The molecule has 2 rings (SSSR count). The van der Waals surface area contributed by atoms with Gasteiger partial charge in [0.1, 0.15) is 5.82 Å². The Morgan fingerprint density at radius 3 is 2.35 bits per heavy atom. The van der Waals surface area contributed by atoms with Gasteiger partial charge in [-0.15, -0.1) is 0 Å². The fourth-order valence-electron chi connectivity index (χ4n) is 2.35. The van der Waals surface area contributed by atoms with Gasteiger partial charge in [0.25, 0.3) is 0 Å². The van der Waals surface area contributed by atoms with Crippen LogP contribution in [0, 0.1) is 5.82 Å². The van der Waals surface area contributed by atoms with Crippen molar-refractivity contribution in [3.8, 4) is 0 Å². The predicted molar refractivity (Wildman–Crippen MR) is 85.1 cm³/mol. The van der Waals surface area contributed by atoms with Crippen LogP contribution in [0.15, 0.2) is 53.0 Å². The minimum atomic E-state index is -0.197. The molecule has 0 amide bonds. The lowest BCUT2D eigenvalue weighted by Gasteiger charge is -2.31. The quantitative estimate of drug-likeness (QED) is 0.812. The standard InChI is InChI=1S/C17H19BrFN/c1-12(13-5-4-6-16(19)11-13)20-17(2,3)14-7-9-15(18)10-8-14/h4-12,20H,1-3H3. The zero-order valence-electron chi connectivity index (χ0n) is 12.0. The van der Waals surface area contributed by atoms with Gasteiger partial charge in [-0.1, -0.05) is 40.2 Å². The Morgan fingerprint density at radius 1 is 1.10 bits per heavy atom. The van der Waals surface area contributed by atoms with Crippen molar-refractivity contribution in [3.63, 3.8) is 0 Å². The maximum atomic E-state index is 13.3. The summed E-state index contributed by atoms with van der Waals surface area (Å²) in [6.07, 6.45) is 0. The second-order valence-corrected chi connectivity index (χ2v) is 6.47. The topological polar surface area (TPSA) is 12.0 Å². The fraction of sp³-hybridized carbons (Fsp3) is 0.294. The summed E-state index contributed by atoms with van der Waals surface area (Å²) in [6.45, 7) is 6.31. The van der Waals surface area contributed by atoms with Gasteiger partial charge in [0.2, 0.25) is 0 Å². The third-order valence-electron chi connectivity index (χ3n) is 3.49. The monoisotopic (exact) mass is 335 g/mol. The van der Waals surface area contributed by atoms with E-state index in [0.717, 1.165) is 10.0 Å². The lowest BCUT2D eigenvalue weighted by atomic mass is 9.92. The Hall–Kier alpha value is -1.19. The highest BCUT2D eigenvalue weighted by molar-refractivity contribution is 9.10. The summed E-state index contributed by atoms with van der Waals surface area (Å²) >= 11 is 3.45. The van der Waals surface area contributed by atoms with Crippen LogP contribution in [0.5, 0.6) is 0 Å². The molecule has 0 bridgehead atoms. The van der Waals surface area contributed by atoms with Gasteiger partial charge < -0.3 is 5.32 Å². The van der Waals surface area contributed by atoms with Gasteiger partial charge in [-0.05, 0) is 56.2 Å². The van der Waals surface area contributed by atoms with E-state index in [1.807, 2.05) is 18.2 Å². The predicted octanol–water partition coefficient (Wildman–Crippen LogP) is 5.17. The van der Waals surface area contributed by atoms with Crippen molar-refractivity contribution in [2.45, 2.75) is 32.4 Å². The van der Waals surface area contributed by atoms with Crippen LogP contribution in [0.1, 0.15) is 37.9 Å². The lowest BCUT2D eigenvalue weighted by molar-refractivity contribution is 0.357. The molecule has 3 heteroatoms. The molecule has 0 radical (unpaired) electrons. The van der Waals surface area contributed by atoms with Crippen molar-refractivity contribution in [1.82, 2.24) is 5.32 Å². The van der Waals surface area contributed by atoms with Crippen LogP contribution < -0.4 is 5.32 Å². The summed E-state index contributed by atoms with van der Waals surface area (Å²) in [5, 5.41) is 3.55. The van der Waals surface area contributed by atoms with Crippen molar-refractivity contribution in [3.05, 3.63) is 69.9 Å². The summed E-state index contributed by atoms with van der Waals surface area (Å²) in [4.78, 5) is 0. The van der Waals surface area contributed by atoms with Gasteiger partial charge in [0.05, 0.1) is 0 Å². The first-order valence-corrected chi connectivity index (χ1v) is 7.47. The Bertz CT molecular complexity index is 578. The van der Waals surface area contributed by atoms with Crippen LogP contribution in [0.2, 0.25) is 0 Å². The molecule has 1 atom stereocenters. The summed E-state index contributed by atoms with van der Waals surface area (Å²) in [6, 6.07) is 15.1. The molecule has 2 aromatic carbocycles. The molecule has 0 saturated carbocycles. The zero-order valence-corrected chi connectivity index (χ0v) is 13.5. The maximum absolute atomic E-state index is 13.3. The van der Waals surface area contributed by atoms with Crippen LogP contribution in [0.4, 0.5) is 4.39 Å². The van der Waals surface area contributed by atoms with Crippen molar-refractivity contribution >= 4 is 15.9 Å². The summed E-state index contributed by atoms with van der Waals surface area (Å²) in [5.41, 5.74) is 1.96. The molecule has 2 aromatic rings. The number of nitrogens with one attached hydrogen (secondary N) is 1. The molecule has 0 aliphatic rings. The summed E-state index contributed by atoms with van der Waals surface area (Å²) in [7, 11) is 0. The maximum Gasteiger partial charge on any atom is 0.123 e. The Kier molecular flexibility index (Phi) is 4.61. The molecule has 0 aliphatic carbocycles. The molecule has 1 nitrogen and oxygen atoms in total. The highest BCUT2D eigenvalue weighted by Gasteiger charge is 2.23. The average molecular weight is 336 g/mol. The minimum absolute atomic E-state index is 0.0735. The van der Waals surface area contributed by atoms with E-state index in [-0.39, 0.29) is 17.4 Å². The van der Waals surface area contributed by atoms with Gasteiger partial charge in [-0.3, -0.25) is 0 Å². The largest absolute Gasteiger partial charge is 0.301 e. The van der Waals surface area contributed by atoms with E-state index in [2.05, 4.69) is 54.2 Å². The number of hydrogen-bond donors (Lipinski definition) is 1. The molecule has 20 heavy (non-hydrogen) atoms. The van der Waals surface area contributed by atoms with E-state index < -0.39 is 0 Å². The highest BCUT2D eigenvalue weighted by atomic mass is 79.9. The molecule has 1 N–H and O–H groups in total. The first kappa shape index (κ1) is 15.2. The molecule has 0 heterocycles. The molecule has 1 unspecified atom stereocenters. The Labute approximate surface area is 128 Å². The fourth-order valence-corrected chi connectivity index (χ4v) is 2.61. The van der Waals surface area contributed by atoms with Crippen LogP contribution >= 0.6 is 15.9 Å². The highest BCUT2D eigenvalue weighted by Crippen LogP contribution is 2.26. The minimum Gasteiger partial charge on any atom is -0.301 e. The van der Waals surface area contributed by atoms with Crippen molar-refractivity contribution in [2.75, 3.05) is 0 Å². The van der Waals surface area contributed by atoms with Crippen LogP contribution in [0.3, 0.4) is 0 Å². The molecule has 0 fully saturated rings. The lowest BCUT2D eigenvalue weighted by Crippen LogP contribution is -2.38. The summed E-state index contributed by atoms with van der Waals surface area (Å²) < 4.78 is 14.4. The number of rotatable bonds is 4.